The molecule has 1 aliphatic rings. The van der Waals surface area contributed by atoms with Gasteiger partial charge in [0.1, 0.15) is 5.75 Å². The van der Waals surface area contributed by atoms with Crippen LogP contribution in [0.5, 0.6) is 5.75 Å². The van der Waals surface area contributed by atoms with Crippen LogP contribution in [-0.2, 0) is 16.9 Å². The average molecular weight is 249 g/mol. The first-order valence-electron chi connectivity index (χ1n) is 6.65. The molecule has 0 radical (unpaired) electrons. The Kier molecular flexibility index (Phi) is 4.25. The summed E-state index contributed by atoms with van der Waals surface area (Å²) >= 11 is 0. The van der Waals surface area contributed by atoms with E-state index in [-0.39, 0.29) is 5.54 Å². The zero-order valence-electron chi connectivity index (χ0n) is 11.4. The molecule has 100 valence electrons. The minimum atomic E-state index is -0.229. The summed E-state index contributed by atoms with van der Waals surface area (Å²) in [7, 11) is 3.41. The topological polar surface area (TPSA) is 44.5 Å². The number of ether oxygens (including phenoxy) is 2. The zero-order chi connectivity index (χ0) is 13.0. The van der Waals surface area contributed by atoms with Gasteiger partial charge in [0.2, 0.25) is 0 Å². The van der Waals surface area contributed by atoms with Crippen molar-refractivity contribution in [3.63, 3.8) is 0 Å². The van der Waals surface area contributed by atoms with Crippen molar-refractivity contribution in [3.8, 4) is 5.75 Å². The summed E-state index contributed by atoms with van der Waals surface area (Å²) in [6.07, 6.45) is 5.78. The van der Waals surface area contributed by atoms with Gasteiger partial charge >= 0.3 is 0 Å². The van der Waals surface area contributed by atoms with Crippen molar-refractivity contribution >= 4 is 0 Å². The van der Waals surface area contributed by atoms with Crippen molar-refractivity contribution in [1.82, 2.24) is 0 Å². The van der Waals surface area contributed by atoms with Crippen LogP contribution in [0.2, 0.25) is 0 Å². The molecule has 3 nitrogen and oxygen atoms in total. The van der Waals surface area contributed by atoms with Crippen LogP contribution >= 0.6 is 0 Å². The van der Waals surface area contributed by atoms with E-state index in [1.165, 1.54) is 19.3 Å². The van der Waals surface area contributed by atoms with Crippen LogP contribution in [0.4, 0.5) is 0 Å². The van der Waals surface area contributed by atoms with Crippen LogP contribution in [-0.4, -0.2) is 14.2 Å². The van der Waals surface area contributed by atoms with E-state index >= 15 is 0 Å². The van der Waals surface area contributed by atoms with Crippen molar-refractivity contribution in [2.24, 2.45) is 5.73 Å². The normalized spacial score (nSPS) is 18.6. The van der Waals surface area contributed by atoms with E-state index in [9.17, 15) is 0 Å². The Morgan fingerprint density at radius 3 is 2.50 bits per heavy atom. The molecule has 0 saturated heterocycles. The van der Waals surface area contributed by atoms with Crippen molar-refractivity contribution < 1.29 is 9.47 Å². The molecule has 1 saturated carbocycles. The quantitative estimate of drug-likeness (QED) is 0.892. The van der Waals surface area contributed by atoms with Gasteiger partial charge in [-0.25, -0.2) is 0 Å². The Balaban J connectivity index is 2.39. The summed E-state index contributed by atoms with van der Waals surface area (Å²) in [6.45, 7) is 0.563. The summed E-state index contributed by atoms with van der Waals surface area (Å²) in [5.41, 5.74) is 8.59. The third-order valence-electron chi connectivity index (χ3n) is 3.88. The molecule has 1 fully saturated rings. The van der Waals surface area contributed by atoms with E-state index in [2.05, 4.69) is 12.1 Å². The summed E-state index contributed by atoms with van der Waals surface area (Å²) in [5.74, 6) is 0.906. The fourth-order valence-corrected chi connectivity index (χ4v) is 2.94. The molecule has 0 aliphatic heterocycles. The first kappa shape index (κ1) is 13.4. The molecule has 0 amide bonds. The molecule has 0 atom stereocenters. The molecule has 1 aromatic carbocycles. The maximum atomic E-state index is 6.60. The van der Waals surface area contributed by atoms with Crippen molar-refractivity contribution in [2.45, 2.75) is 44.2 Å². The number of hydrogen-bond donors (Lipinski definition) is 1. The second-order valence-corrected chi connectivity index (χ2v) is 5.15. The molecule has 3 heteroatoms. The molecular formula is C15H23NO2. The first-order valence-corrected chi connectivity index (χ1v) is 6.65. The highest BCUT2D eigenvalue weighted by molar-refractivity contribution is 5.45. The maximum Gasteiger partial charge on any atom is 0.129 e. The number of nitrogens with two attached hydrogens (primary N) is 1. The van der Waals surface area contributed by atoms with Crippen LogP contribution in [0, 0.1) is 0 Å². The van der Waals surface area contributed by atoms with Gasteiger partial charge in [-0.15, -0.1) is 0 Å². The van der Waals surface area contributed by atoms with E-state index in [0.29, 0.717) is 6.61 Å². The van der Waals surface area contributed by atoms with Gasteiger partial charge in [-0.3, -0.25) is 0 Å². The molecule has 2 rings (SSSR count). The van der Waals surface area contributed by atoms with Crippen LogP contribution in [0.3, 0.4) is 0 Å². The Labute approximate surface area is 109 Å². The largest absolute Gasteiger partial charge is 0.496 e. The van der Waals surface area contributed by atoms with Gasteiger partial charge in [-0.05, 0) is 12.8 Å². The van der Waals surface area contributed by atoms with Crippen molar-refractivity contribution in [2.75, 3.05) is 14.2 Å². The number of methoxy groups -OCH3 is 2. The second-order valence-electron chi connectivity index (χ2n) is 5.15. The predicted octanol–water partition coefficient (Wildman–Crippen LogP) is 2.96. The molecule has 0 unspecified atom stereocenters. The molecule has 1 aromatic rings. The lowest BCUT2D eigenvalue weighted by atomic mass is 9.76. The summed E-state index contributed by atoms with van der Waals surface area (Å²) < 4.78 is 10.8. The fourth-order valence-electron chi connectivity index (χ4n) is 2.94. The Hall–Kier alpha value is -1.06. The van der Waals surface area contributed by atoms with Gasteiger partial charge in [-0.2, -0.15) is 0 Å². The average Bonchev–Trinajstić information content (AvgIpc) is 2.40. The summed E-state index contributed by atoms with van der Waals surface area (Å²) in [6, 6.07) is 6.19. The summed E-state index contributed by atoms with van der Waals surface area (Å²) in [5, 5.41) is 0. The molecular weight excluding hydrogens is 226 g/mol. The van der Waals surface area contributed by atoms with Gasteiger partial charge < -0.3 is 15.2 Å². The molecule has 0 spiro atoms. The number of benzene rings is 1. The highest BCUT2D eigenvalue weighted by Crippen LogP contribution is 2.40. The minimum Gasteiger partial charge on any atom is -0.496 e. The molecule has 0 bridgehead atoms. The molecule has 0 aromatic heterocycles. The van der Waals surface area contributed by atoms with Crippen LogP contribution in [0.1, 0.15) is 43.2 Å². The van der Waals surface area contributed by atoms with Gasteiger partial charge in [-0.1, -0.05) is 37.5 Å². The lowest BCUT2D eigenvalue weighted by molar-refractivity contribution is 0.180. The standard InChI is InChI=1S/C15H23NO2/c1-17-11-12-7-6-8-13(14(12)18-2)15(16)9-4-3-5-10-15/h6-8H,3-5,9-11,16H2,1-2H3. The van der Waals surface area contributed by atoms with E-state index in [1.807, 2.05) is 6.07 Å². The van der Waals surface area contributed by atoms with E-state index in [0.717, 1.165) is 29.7 Å². The lowest BCUT2D eigenvalue weighted by Crippen LogP contribution is -2.39. The summed E-state index contributed by atoms with van der Waals surface area (Å²) in [4.78, 5) is 0. The molecule has 0 heterocycles. The third kappa shape index (κ3) is 2.52. The van der Waals surface area contributed by atoms with Crippen molar-refractivity contribution in [1.29, 1.82) is 0 Å². The Morgan fingerprint density at radius 2 is 1.89 bits per heavy atom. The highest BCUT2D eigenvalue weighted by atomic mass is 16.5. The molecule has 1 aliphatic carbocycles. The van der Waals surface area contributed by atoms with E-state index in [1.54, 1.807) is 14.2 Å². The van der Waals surface area contributed by atoms with E-state index < -0.39 is 0 Å². The second kappa shape index (κ2) is 5.72. The number of para-hydroxylation sites is 1. The molecule has 2 N–H and O–H groups in total. The first-order chi connectivity index (χ1) is 8.71. The number of hydrogen-bond acceptors (Lipinski definition) is 3. The maximum absolute atomic E-state index is 6.60. The zero-order valence-corrected chi connectivity index (χ0v) is 11.4. The highest BCUT2D eigenvalue weighted by Gasteiger charge is 2.32. The Morgan fingerprint density at radius 1 is 1.17 bits per heavy atom. The van der Waals surface area contributed by atoms with Crippen LogP contribution in [0.15, 0.2) is 18.2 Å². The SMILES string of the molecule is COCc1cccc(C2(N)CCCCC2)c1OC. The number of rotatable bonds is 4. The smallest absolute Gasteiger partial charge is 0.129 e. The fraction of sp³-hybridized carbons (Fsp3) is 0.600. The lowest BCUT2D eigenvalue weighted by Gasteiger charge is -2.35. The van der Waals surface area contributed by atoms with Gasteiger partial charge in [0.25, 0.3) is 0 Å². The predicted molar refractivity (Wildman–Crippen MR) is 72.7 cm³/mol. The minimum absolute atomic E-state index is 0.229. The van der Waals surface area contributed by atoms with Crippen LogP contribution in [0.25, 0.3) is 0 Å². The van der Waals surface area contributed by atoms with E-state index in [4.69, 9.17) is 15.2 Å². The monoisotopic (exact) mass is 249 g/mol. The Bertz CT molecular complexity index is 397. The van der Waals surface area contributed by atoms with Crippen LogP contribution < -0.4 is 10.5 Å². The third-order valence-corrected chi connectivity index (χ3v) is 3.88. The van der Waals surface area contributed by atoms with Crippen molar-refractivity contribution in [3.05, 3.63) is 29.3 Å². The van der Waals surface area contributed by atoms with Gasteiger partial charge in [0.15, 0.2) is 0 Å². The molecule has 18 heavy (non-hydrogen) atoms. The van der Waals surface area contributed by atoms with Gasteiger partial charge in [0, 0.05) is 23.8 Å². The van der Waals surface area contributed by atoms with Gasteiger partial charge in [0.05, 0.1) is 13.7 Å².